The van der Waals surface area contributed by atoms with Crippen molar-refractivity contribution in [1.29, 1.82) is 5.26 Å². The van der Waals surface area contributed by atoms with Crippen LogP contribution >= 0.6 is 0 Å². The minimum absolute atomic E-state index is 0.0173. The van der Waals surface area contributed by atoms with Crippen molar-refractivity contribution in [3.63, 3.8) is 0 Å². The van der Waals surface area contributed by atoms with Crippen LogP contribution in [0, 0.1) is 11.3 Å². The normalized spacial score (nSPS) is 22.9. The highest BCUT2D eigenvalue weighted by Gasteiger charge is 2.26. The predicted molar refractivity (Wildman–Crippen MR) is 71.3 cm³/mol. The highest BCUT2D eigenvalue weighted by Crippen LogP contribution is 2.28. The van der Waals surface area contributed by atoms with Gasteiger partial charge in [-0.2, -0.15) is 5.26 Å². The van der Waals surface area contributed by atoms with Gasteiger partial charge in [0.05, 0.1) is 37.2 Å². The van der Waals surface area contributed by atoms with E-state index in [-0.39, 0.29) is 18.8 Å². The van der Waals surface area contributed by atoms with E-state index in [1.54, 1.807) is 19.2 Å². The first-order valence-corrected chi connectivity index (χ1v) is 6.27. The van der Waals surface area contributed by atoms with Gasteiger partial charge in [-0.1, -0.05) is 0 Å². The van der Waals surface area contributed by atoms with Gasteiger partial charge in [0.2, 0.25) is 0 Å². The highest BCUT2D eigenvalue weighted by molar-refractivity contribution is 5.62. The Morgan fingerprint density at radius 2 is 2.32 bits per heavy atom. The van der Waals surface area contributed by atoms with Crippen LogP contribution in [0.1, 0.15) is 12.5 Å². The molecule has 5 heteroatoms. The van der Waals surface area contributed by atoms with Crippen LogP contribution in [0.15, 0.2) is 18.2 Å². The fourth-order valence-corrected chi connectivity index (χ4v) is 2.34. The number of benzene rings is 1. The second-order valence-corrected chi connectivity index (χ2v) is 4.65. The third-order valence-corrected chi connectivity index (χ3v) is 3.20. The number of aliphatic hydroxyl groups excluding tert-OH is 1. The summed E-state index contributed by atoms with van der Waals surface area (Å²) in [6.45, 7) is 3.20. The van der Waals surface area contributed by atoms with Crippen LogP contribution in [0.3, 0.4) is 0 Å². The Balaban J connectivity index is 2.31. The molecule has 1 saturated heterocycles. The minimum Gasteiger partial charge on any atom is -0.497 e. The summed E-state index contributed by atoms with van der Waals surface area (Å²) in [6, 6.07) is 7.57. The van der Waals surface area contributed by atoms with Gasteiger partial charge in [0.25, 0.3) is 0 Å². The Morgan fingerprint density at radius 3 is 2.95 bits per heavy atom. The highest BCUT2D eigenvalue weighted by atomic mass is 16.5. The minimum atomic E-state index is -0.221. The number of hydrogen-bond donors (Lipinski definition) is 1. The summed E-state index contributed by atoms with van der Waals surface area (Å²) < 4.78 is 10.8. The summed E-state index contributed by atoms with van der Waals surface area (Å²) in [5, 5.41) is 18.5. The number of hydrogen-bond acceptors (Lipinski definition) is 5. The Bertz CT molecular complexity index is 484. The average molecular weight is 262 g/mol. The Hall–Kier alpha value is -1.77. The molecule has 5 nitrogen and oxygen atoms in total. The van der Waals surface area contributed by atoms with E-state index in [4.69, 9.17) is 9.47 Å². The van der Waals surface area contributed by atoms with Crippen LogP contribution < -0.4 is 9.64 Å². The maximum Gasteiger partial charge on any atom is 0.121 e. The Morgan fingerprint density at radius 1 is 1.53 bits per heavy atom. The van der Waals surface area contributed by atoms with Crippen molar-refractivity contribution in [3.05, 3.63) is 23.8 Å². The van der Waals surface area contributed by atoms with Crippen molar-refractivity contribution in [2.45, 2.75) is 19.1 Å². The summed E-state index contributed by atoms with van der Waals surface area (Å²) in [7, 11) is 1.60. The van der Waals surface area contributed by atoms with E-state index in [0.29, 0.717) is 24.4 Å². The van der Waals surface area contributed by atoms with Crippen LogP contribution in [0.4, 0.5) is 5.69 Å². The van der Waals surface area contributed by atoms with E-state index in [1.165, 1.54) is 0 Å². The Labute approximate surface area is 113 Å². The van der Waals surface area contributed by atoms with Gasteiger partial charge in [-0.3, -0.25) is 0 Å². The summed E-state index contributed by atoms with van der Waals surface area (Å²) in [4.78, 5) is 2.07. The molecule has 1 aliphatic heterocycles. The lowest BCUT2D eigenvalue weighted by molar-refractivity contribution is -0.0421. The third-order valence-electron chi connectivity index (χ3n) is 3.20. The molecule has 1 N–H and O–H groups in total. The zero-order valence-corrected chi connectivity index (χ0v) is 11.2. The molecule has 102 valence electrons. The summed E-state index contributed by atoms with van der Waals surface area (Å²) >= 11 is 0. The molecule has 0 amide bonds. The first kappa shape index (κ1) is 13.7. The molecule has 0 aromatic heterocycles. The molecule has 2 atom stereocenters. The number of morpholine rings is 1. The molecule has 2 unspecified atom stereocenters. The fourth-order valence-electron chi connectivity index (χ4n) is 2.34. The summed E-state index contributed by atoms with van der Waals surface area (Å²) in [6.07, 6.45) is -0.204. The van der Waals surface area contributed by atoms with Gasteiger partial charge >= 0.3 is 0 Å². The van der Waals surface area contributed by atoms with Gasteiger partial charge in [0, 0.05) is 19.2 Å². The van der Waals surface area contributed by atoms with Gasteiger partial charge in [0.1, 0.15) is 11.8 Å². The van der Waals surface area contributed by atoms with Crippen LogP contribution in [0.5, 0.6) is 5.75 Å². The molecule has 1 aromatic carbocycles. The van der Waals surface area contributed by atoms with Gasteiger partial charge in [-0.25, -0.2) is 0 Å². The van der Waals surface area contributed by atoms with Crippen molar-refractivity contribution in [2.24, 2.45) is 0 Å². The molecule has 0 aliphatic carbocycles. The van der Waals surface area contributed by atoms with E-state index >= 15 is 0 Å². The number of rotatable bonds is 3. The molecular weight excluding hydrogens is 244 g/mol. The maximum absolute atomic E-state index is 9.26. The lowest BCUT2D eigenvalue weighted by atomic mass is 10.1. The van der Waals surface area contributed by atoms with Crippen LogP contribution in [0.2, 0.25) is 0 Å². The average Bonchev–Trinajstić information content (AvgIpc) is 2.45. The molecule has 1 heterocycles. The number of anilines is 1. The lowest BCUT2D eigenvalue weighted by Gasteiger charge is -2.38. The number of nitrogens with zero attached hydrogens (tertiary/aromatic N) is 2. The van der Waals surface area contributed by atoms with Crippen LogP contribution in [-0.2, 0) is 4.74 Å². The molecule has 1 fully saturated rings. The quantitative estimate of drug-likeness (QED) is 0.885. The largest absolute Gasteiger partial charge is 0.497 e. The number of methoxy groups -OCH3 is 1. The monoisotopic (exact) mass is 262 g/mol. The molecule has 1 aliphatic rings. The van der Waals surface area contributed by atoms with Crippen LogP contribution in [-0.4, -0.2) is 44.1 Å². The van der Waals surface area contributed by atoms with Gasteiger partial charge < -0.3 is 19.5 Å². The van der Waals surface area contributed by atoms with E-state index in [2.05, 4.69) is 11.0 Å². The van der Waals surface area contributed by atoms with Gasteiger partial charge in [-0.15, -0.1) is 0 Å². The maximum atomic E-state index is 9.26. The van der Waals surface area contributed by atoms with E-state index < -0.39 is 0 Å². The van der Waals surface area contributed by atoms with Gasteiger partial charge in [0.15, 0.2) is 0 Å². The second-order valence-electron chi connectivity index (χ2n) is 4.65. The molecular formula is C14H18N2O3. The third kappa shape index (κ3) is 2.98. The topological polar surface area (TPSA) is 65.7 Å². The first-order valence-electron chi connectivity index (χ1n) is 6.27. The predicted octanol–water partition coefficient (Wildman–Crippen LogP) is 1.15. The molecule has 0 bridgehead atoms. The smallest absolute Gasteiger partial charge is 0.121 e. The molecule has 0 radical (unpaired) electrons. The van der Waals surface area contributed by atoms with E-state index in [9.17, 15) is 10.4 Å². The van der Waals surface area contributed by atoms with Crippen molar-refractivity contribution in [3.8, 4) is 11.8 Å². The van der Waals surface area contributed by atoms with Gasteiger partial charge in [-0.05, 0) is 19.1 Å². The second kappa shape index (κ2) is 5.91. The van der Waals surface area contributed by atoms with Crippen molar-refractivity contribution < 1.29 is 14.6 Å². The summed E-state index contributed by atoms with van der Waals surface area (Å²) in [5.41, 5.74) is 1.43. The number of nitriles is 1. The zero-order chi connectivity index (χ0) is 13.8. The molecule has 0 spiro atoms. The standard InChI is InChI=1S/C14H18N2O3/c1-10-7-16(8-13(9-17)19-10)14-5-12(18-2)4-3-11(14)6-15/h3-5,10,13,17H,7-9H2,1-2H3. The number of aliphatic hydroxyl groups is 1. The van der Waals surface area contributed by atoms with Crippen molar-refractivity contribution >= 4 is 5.69 Å². The van der Waals surface area contributed by atoms with E-state index in [0.717, 1.165) is 5.69 Å². The van der Waals surface area contributed by atoms with Crippen molar-refractivity contribution in [2.75, 3.05) is 31.7 Å². The van der Waals surface area contributed by atoms with Crippen molar-refractivity contribution in [1.82, 2.24) is 0 Å². The van der Waals surface area contributed by atoms with Crippen LogP contribution in [0.25, 0.3) is 0 Å². The molecule has 2 rings (SSSR count). The zero-order valence-electron chi connectivity index (χ0n) is 11.2. The first-order chi connectivity index (χ1) is 9.17. The SMILES string of the molecule is COc1ccc(C#N)c(N2CC(C)OC(CO)C2)c1. The lowest BCUT2D eigenvalue weighted by Crippen LogP contribution is -2.48. The Kier molecular flexibility index (Phi) is 4.25. The number of ether oxygens (including phenoxy) is 2. The fraction of sp³-hybridized carbons (Fsp3) is 0.500. The molecule has 19 heavy (non-hydrogen) atoms. The molecule has 1 aromatic rings. The molecule has 0 saturated carbocycles. The summed E-state index contributed by atoms with van der Waals surface area (Å²) in [5.74, 6) is 0.716. The van der Waals surface area contributed by atoms with E-state index in [1.807, 2.05) is 13.0 Å².